The van der Waals surface area contributed by atoms with E-state index in [2.05, 4.69) is 15.6 Å². The highest BCUT2D eigenvalue weighted by Gasteiger charge is 2.18. The third kappa shape index (κ3) is 5.11. The van der Waals surface area contributed by atoms with Crippen molar-refractivity contribution in [3.63, 3.8) is 0 Å². The van der Waals surface area contributed by atoms with Gasteiger partial charge in [0.1, 0.15) is 0 Å². The number of nitrogens with zero attached hydrogens (tertiary/aromatic N) is 1. The number of carbonyl (C=O) groups excluding carboxylic acids is 1. The van der Waals surface area contributed by atoms with Crippen molar-refractivity contribution in [2.75, 3.05) is 0 Å². The van der Waals surface area contributed by atoms with Crippen LogP contribution in [0.2, 0.25) is 0 Å². The first kappa shape index (κ1) is 19.6. The molecule has 7 heteroatoms. The number of rotatable bonds is 8. The molecule has 2 atom stereocenters. The summed E-state index contributed by atoms with van der Waals surface area (Å²) in [5.41, 5.74) is 2.34. The van der Waals surface area contributed by atoms with Gasteiger partial charge in [-0.25, -0.2) is 4.79 Å². The van der Waals surface area contributed by atoms with Gasteiger partial charge in [-0.15, -0.1) is 0 Å². The second-order valence-electron chi connectivity index (χ2n) is 6.03. The van der Waals surface area contributed by atoms with E-state index >= 15 is 0 Å². The zero-order valence-corrected chi connectivity index (χ0v) is 14.8. The maximum atomic E-state index is 12.3. The maximum Gasteiger partial charge on any atom is 0.335 e. The van der Waals surface area contributed by atoms with E-state index in [0.29, 0.717) is 12.2 Å². The van der Waals surface area contributed by atoms with Gasteiger partial charge in [-0.3, -0.25) is 15.1 Å². The first-order valence-corrected chi connectivity index (χ1v) is 8.33. The Kier molecular flexibility index (Phi) is 6.82. The van der Waals surface area contributed by atoms with Crippen LogP contribution in [-0.4, -0.2) is 33.1 Å². The monoisotopic (exact) mass is 357 g/mol. The Hall–Kier alpha value is -2.77. The maximum absolute atomic E-state index is 12.3. The molecule has 1 amide bonds. The topological polar surface area (TPSA) is 112 Å². The van der Waals surface area contributed by atoms with E-state index in [9.17, 15) is 14.7 Å². The molecule has 26 heavy (non-hydrogen) atoms. The summed E-state index contributed by atoms with van der Waals surface area (Å²) in [5, 5.41) is 24.3. The van der Waals surface area contributed by atoms with Crippen LogP contribution in [0.5, 0.6) is 0 Å². The zero-order valence-electron chi connectivity index (χ0n) is 14.8. The van der Waals surface area contributed by atoms with Crippen molar-refractivity contribution >= 4 is 11.9 Å². The summed E-state index contributed by atoms with van der Waals surface area (Å²) in [7, 11) is 0. The number of aliphatic hydroxyl groups is 1. The number of amides is 1. The van der Waals surface area contributed by atoms with Crippen molar-refractivity contribution in [1.29, 1.82) is 0 Å². The van der Waals surface area contributed by atoms with Gasteiger partial charge in [0.2, 0.25) is 5.91 Å². The minimum atomic E-state index is -1.02. The Morgan fingerprint density at radius 2 is 1.85 bits per heavy atom. The Morgan fingerprint density at radius 3 is 2.50 bits per heavy atom. The van der Waals surface area contributed by atoms with Crippen LogP contribution in [0.15, 0.2) is 42.6 Å². The van der Waals surface area contributed by atoms with E-state index in [4.69, 9.17) is 5.11 Å². The Bertz CT molecular complexity index is 779. The van der Waals surface area contributed by atoms with Crippen molar-refractivity contribution in [3.8, 4) is 0 Å². The van der Waals surface area contributed by atoms with Gasteiger partial charge in [-0.05, 0) is 37.1 Å². The Labute approximate surface area is 152 Å². The highest BCUT2D eigenvalue weighted by Crippen LogP contribution is 2.12. The van der Waals surface area contributed by atoms with E-state index in [1.165, 1.54) is 18.3 Å². The molecule has 2 rings (SSSR count). The summed E-state index contributed by atoms with van der Waals surface area (Å²) in [5.74, 6) is -1.21. The van der Waals surface area contributed by atoms with Crippen molar-refractivity contribution in [2.45, 2.75) is 39.1 Å². The molecule has 1 heterocycles. The van der Waals surface area contributed by atoms with Crippen LogP contribution in [0.4, 0.5) is 0 Å². The van der Waals surface area contributed by atoms with Gasteiger partial charge < -0.3 is 15.5 Å². The standard InChI is InChI=1S/C19H23N3O4/c1-12(17-9-14(19(25)26)7-8-20-17)22-13(2)18(24)21-10-15-5-3-4-6-16(15)11-23/h3-9,12-13,22-23H,10-11H2,1-2H3,(H,21,24)(H,25,26). The molecule has 0 aliphatic carbocycles. The van der Waals surface area contributed by atoms with Crippen LogP contribution >= 0.6 is 0 Å². The van der Waals surface area contributed by atoms with Gasteiger partial charge in [0.25, 0.3) is 0 Å². The predicted molar refractivity (Wildman–Crippen MR) is 96.4 cm³/mol. The van der Waals surface area contributed by atoms with Crippen LogP contribution < -0.4 is 10.6 Å². The molecule has 0 fully saturated rings. The van der Waals surface area contributed by atoms with Gasteiger partial charge in [-0.1, -0.05) is 24.3 Å². The molecule has 2 unspecified atom stereocenters. The number of hydrogen-bond acceptors (Lipinski definition) is 5. The van der Waals surface area contributed by atoms with E-state index < -0.39 is 12.0 Å². The molecule has 7 nitrogen and oxygen atoms in total. The van der Waals surface area contributed by atoms with E-state index in [1.54, 1.807) is 6.92 Å². The van der Waals surface area contributed by atoms with Gasteiger partial charge in [0.15, 0.2) is 0 Å². The number of pyridine rings is 1. The molecule has 0 aliphatic rings. The molecule has 0 spiro atoms. The number of hydrogen-bond donors (Lipinski definition) is 4. The average molecular weight is 357 g/mol. The van der Waals surface area contributed by atoms with Gasteiger partial charge in [0, 0.05) is 18.8 Å². The third-order valence-corrected chi connectivity index (χ3v) is 4.11. The predicted octanol–water partition coefficient (Wildman–Crippen LogP) is 1.63. The van der Waals surface area contributed by atoms with Crippen molar-refractivity contribution in [3.05, 3.63) is 65.0 Å². The van der Waals surface area contributed by atoms with Gasteiger partial charge in [-0.2, -0.15) is 0 Å². The smallest absolute Gasteiger partial charge is 0.335 e. The molecule has 138 valence electrons. The third-order valence-electron chi connectivity index (χ3n) is 4.11. The van der Waals surface area contributed by atoms with Gasteiger partial charge in [0.05, 0.1) is 23.9 Å². The minimum absolute atomic E-state index is 0.0809. The van der Waals surface area contributed by atoms with Gasteiger partial charge >= 0.3 is 5.97 Å². The minimum Gasteiger partial charge on any atom is -0.478 e. The second-order valence-corrected chi connectivity index (χ2v) is 6.03. The van der Waals surface area contributed by atoms with Crippen LogP contribution in [0.25, 0.3) is 0 Å². The number of aliphatic hydroxyl groups excluding tert-OH is 1. The van der Waals surface area contributed by atoms with E-state index in [0.717, 1.165) is 11.1 Å². The molecule has 1 aromatic carbocycles. The van der Waals surface area contributed by atoms with Crippen molar-refractivity contribution in [2.24, 2.45) is 0 Å². The van der Waals surface area contributed by atoms with Crippen LogP contribution in [0, 0.1) is 0 Å². The summed E-state index contributed by atoms with van der Waals surface area (Å²) in [4.78, 5) is 27.5. The summed E-state index contributed by atoms with van der Waals surface area (Å²) < 4.78 is 0. The largest absolute Gasteiger partial charge is 0.478 e. The SMILES string of the molecule is CC(NC(C)c1cc(C(=O)O)ccn1)C(=O)NCc1ccccc1CO. The van der Waals surface area contributed by atoms with Crippen LogP contribution in [0.1, 0.15) is 47.1 Å². The molecule has 0 saturated carbocycles. The fraction of sp³-hybridized carbons (Fsp3) is 0.316. The summed E-state index contributed by atoms with van der Waals surface area (Å²) >= 11 is 0. The average Bonchev–Trinajstić information content (AvgIpc) is 2.66. The Balaban J connectivity index is 1.94. The molecule has 0 radical (unpaired) electrons. The number of carbonyl (C=O) groups is 2. The lowest BCUT2D eigenvalue weighted by molar-refractivity contribution is -0.123. The van der Waals surface area contributed by atoms with Crippen molar-refractivity contribution < 1.29 is 19.8 Å². The second kappa shape index (κ2) is 9.07. The summed E-state index contributed by atoms with van der Waals surface area (Å²) in [6.07, 6.45) is 1.44. The lowest BCUT2D eigenvalue weighted by atomic mass is 10.1. The zero-order chi connectivity index (χ0) is 19.1. The van der Waals surface area contributed by atoms with E-state index in [1.807, 2.05) is 31.2 Å². The number of carboxylic acid groups (broad SMARTS) is 1. The molecule has 0 bridgehead atoms. The molecule has 4 N–H and O–H groups in total. The van der Waals surface area contributed by atoms with E-state index in [-0.39, 0.29) is 24.1 Å². The molecule has 0 aliphatic heterocycles. The highest BCUT2D eigenvalue weighted by atomic mass is 16.4. The molecular formula is C19H23N3O4. The highest BCUT2D eigenvalue weighted by molar-refractivity contribution is 5.87. The summed E-state index contributed by atoms with van der Waals surface area (Å²) in [6.45, 7) is 3.79. The molecular weight excluding hydrogens is 334 g/mol. The lowest BCUT2D eigenvalue weighted by Gasteiger charge is -2.20. The fourth-order valence-electron chi connectivity index (χ4n) is 2.57. The first-order chi connectivity index (χ1) is 12.4. The quantitative estimate of drug-likeness (QED) is 0.571. The van der Waals surface area contributed by atoms with Crippen molar-refractivity contribution in [1.82, 2.24) is 15.6 Å². The number of aromatic carboxylic acids is 1. The number of nitrogens with one attached hydrogen (secondary N) is 2. The van der Waals surface area contributed by atoms with Crippen LogP contribution in [0.3, 0.4) is 0 Å². The number of benzene rings is 1. The number of aromatic nitrogens is 1. The lowest BCUT2D eigenvalue weighted by Crippen LogP contribution is -2.43. The number of carboxylic acids is 1. The summed E-state index contributed by atoms with van der Waals surface area (Å²) in [6, 6.07) is 9.48. The van der Waals surface area contributed by atoms with Crippen LogP contribution in [-0.2, 0) is 17.9 Å². The fourth-order valence-corrected chi connectivity index (χ4v) is 2.57. The normalized spacial score (nSPS) is 13.0. The molecule has 2 aromatic rings. The first-order valence-electron chi connectivity index (χ1n) is 8.33. The molecule has 1 aromatic heterocycles. The Morgan fingerprint density at radius 1 is 1.15 bits per heavy atom. The molecule has 0 saturated heterocycles.